The minimum Gasteiger partial charge on any atom is -0.480 e. The Kier molecular flexibility index (Phi) is 3.81. The first-order chi connectivity index (χ1) is 9.05. The maximum atomic E-state index is 11.2. The van der Waals surface area contributed by atoms with Crippen molar-refractivity contribution in [1.29, 1.82) is 0 Å². The van der Waals surface area contributed by atoms with E-state index in [-0.39, 0.29) is 0 Å². The Hall–Kier alpha value is -1.94. The number of fused-ring (bicyclic) bond motifs is 1. The number of para-hydroxylation sites is 1. The molecule has 2 aromatic rings. The van der Waals surface area contributed by atoms with Crippen LogP contribution in [0, 0.1) is 0 Å². The highest BCUT2D eigenvalue weighted by Crippen LogP contribution is 2.14. The van der Waals surface area contributed by atoms with Crippen LogP contribution in [-0.2, 0) is 11.3 Å². The van der Waals surface area contributed by atoms with Crippen LogP contribution in [-0.4, -0.2) is 21.6 Å². The second kappa shape index (κ2) is 5.36. The van der Waals surface area contributed by atoms with Crippen LogP contribution < -0.4 is 5.32 Å². The molecule has 1 unspecified atom stereocenters. The maximum Gasteiger partial charge on any atom is 0.323 e. The third kappa shape index (κ3) is 2.90. The van der Waals surface area contributed by atoms with E-state index in [0.29, 0.717) is 13.0 Å². The van der Waals surface area contributed by atoms with Crippen molar-refractivity contribution in [3.8, 4) is 0 Å². The molecular weight excluding hydrogens is 240 g/mol. The van der Waals surface area contributed by atoms with Gasteiger partial charge in [0.2, 0.25) is 0 Å². The highest BCUT2D eigenvalue weighted by Gasteiger charge is 2.30. The molecule has 0 aliphatic heterocycles. The zero-order chi connectivity index (χ0) is 13.9. The fourth-order valence-electron chi connectivity index (χ4n) is 1.84. The van der Waals surface area contributed by atoms with Crippen LogP contribution in [0.2, 0.25) is 0 Å². The Balaban J connectivity index is 2.15. The number of aliphatic carboxylic acids is 1. The lowest BCUT2D eigenvalue weighted by Gasteiger charge is -2.24. The van der Waals surface area contributed by atoms with Gasteiger partial charge in [-0.05, 0) is 25.5 Å². The number of carboxylic acid groups (broad SMARTS) is 1. The number of hydrogen-bond acceptors (Lipinski definition) is 3. The smallest absolute Gasteiger partial charge is 0.323 e. The summed E-state index contributed by atoms with van der Waals surface area (Å²) < 4.78 is 0. The van der Waals surface area contributed by atoms with Crippen molar-refractivity contribution < 1.29 is 9.90 Å². The molecule has 1 aromatic carbocycles. The summed E-state index contributed by atoms with van der Waals surface area (Å²) in [7, 11) is 0. The Morgan fingerprint density at radius 2 is 2.05 bits per heavy atom. The Labute approximate surface area is 112 Å². The van der Waals surface area contributed by atoms with Crippen molar-refractivity contribution in [1.82, 2.24) is 10.3 Å². The molecule has 0 saturated carbocycles. The summed E-state index contributed by atoms with van der Waals surface area (Å²) in [5.74, 6) is -0.837. The molecule has 1 atom stereocenters. The lowest BCUT2D eigenvalue weighted by Crippen LogP contribution is -2.48. The summed E-state index contributed by atoms with van der Waals surface area (Å²) in [5, 5.41) is 13.3. The van der Waals surface area contributed by atoms with Gasteiger partial charge in [0, 0.05) is 11.9 Å². The molecule has 2 rings (SSSR count). The third-order valence-corrected chi connectivity index (χ3v) is 3.49. The van der Waals surface area contributed by atoms with E-state index in [1.165, 1.54) is 0 Å². The molecule has 4 heteroatoms. The molecule has 0 spiro atoms. The number of aromatic nitrogens is 1. The van der Waals surface area contributed by atoms with Gasteiger partial charge in [0.1, 0.15) is 5.54 Å². The molecule has 0 amide bonds. The van der Waals surface area contributed by atoms with Gasteiger partial charge < -0.3 is 5.11 Å². The number of benzene rings is 1. The molecule has 100 valence electrons. The van der Waals surface area contributed by atoms with Crippen LogP contribution >= 0.6 is 0 Å². The van der Waals surface area contributed by atoms with Gasteiger partial charge in [-0.3, -0.25) is 15.1 Å². The molecule has 1 heterocycles. The van der Waals surface area contributed by atoms with Gasteiger partial charge in [-0.2, -0.15) is 0 Å². The maximum absolute atomic E-state index is 11.2. The van der Waals surface area contributed by atoms with E-state index in [1.807, 2.05) is 43.3 Å². The zero-order valence-corrected chi connectivity index (χ0v) is 11.2. The van der Waals surface area contributed by atoms with E-state index in [0.717, 1.165) is 16.6 Å². The zero-order valence-electron chi connectivity index (χ0n) is 11.2. The minimum atomic E-state index is -0.909. The first-order valence-electron chi connectivity index (χ1n) is 6.38. The van der Waals surface area contributed by atoms with Crippen molar-refractivity contribution in [2.75, 3.05) is 0 Å². The predicted octanol–water partition coefficient (Wildman–Crippen LogP) is 2.58. The second-order valence-corrected chi connectivity index (χ2v) is 4.84. The average molecular weight is 258 g/mol. The first-order valence-corrected chi connectivity index (χ1v) is 6.38. The molecule has 0 radical (unpaired) electrons. The van der Waals surface area contributed by atoms with Crippen LogP contribution in [0.3, 0.4) is 0 Å². The van der Waals surface area contributed by atoms with Crippen molar-refractivity contribution in [3.63, 3.8) is 0 Å². The summed E-state index contributed by atoms with van der Waals surface area (Å²) in [6.07, 6.45) is 0.524. The largest absolute Gasteiger partial charge is 0.480 e. The van der Waals surface area contributed by atoms with E-state index in [4.69, 9.17) is 0 Å². The van der Waals surface area contributed by atoms with Crippen LogP contribution in [0.15, 0.2) is 36.4 Å². The summed E-state index contributed by atoms with van der Waals surface area (Å²) >= 11 is 0. The second-order valence-electron chi connectivity index (χ2n) is 4.84. The van der Waals surface area contributed by atoms with Crippen LogP contribution in [0.4, 0.5) is 0 Å². The van der Waals surface area contributed by atoms with Crippen molar-refractivity contribution >= 4 is 16.9 Å². The lowest BCUT2D eigenvalue weighted by molar-refractivity contribution is -0.144. The van der Waals surface area contributed by atoms with Gasteiger partial charge in [0.05, 0.1) is 11.2 Å². The van der Waals surface area contributed by atoms with Crippen molar-refractivity contribution in [2.45, 2.75) is 32.4 Å². The molecule has 1 aromatic heterocycles. The van der Waals surface area contributed by atoms with E-state index in [1.54, 1.807) is 6.92 Å². The summed E-state index contributed by atoms with van der Waals surface area (Å²) in [5.41, 5.74) is 0.864. The SMILES string of the molecule is CCC(C)(NCc1ccc2ccccc2n1)C(=O)O. The normalized spacial score (nSPS) is 14.2. The molecule has 0 saturated heterocycles. The minimum absolute atomic E-state index is 0.446. The molecule has 19 heavy (non-hydrogen) atoms. The van der Waals surface area contributed by atoms with Gasteiger partial charge in [-0.1, -0.05) is 31.2 Å². The molecule has 4 nitrogen and oxygen atoms in total. The summed E-state index contributed by atoms with van der Waals surface area (Å²) in [4.78, 5) is 15.7. The van der Waals surface area contributed by atoms with Crippen LogP contribution in [0.25, 0.3) is 10.9 Å². The molecule has 2 N–H and O–H groups in total. The fourth-order valence-corrected chi connectivity index (χ4v) is 1.84. The average Bonchev–Trinajstić information content (AvgIpc) is 2.44. The van der Waals surface area contributed by atoms with Gasteiger partial charge in [0.15, 0.2) is 0 Å². The number of hydrogen-bond donors (Lipinski definition) is 2. The van der Waals surface area contributed by atoms with Gasteiger partial charge in [-0.25, -0.2) is 0 Å². The quantitative estimate of drug-likeness (QED) is 0.865. The van der Waals surface area contributed by atoms with E-state index < -0.39 is 11.5 Å². The number of nitrogens with one attached hydrogen (secondary N) is 1. The van der Waals surface area contributed by atoms with Crippen LogP contribution in [0.5, 0.6) is 0 Å². The van der Waals surface area contributed by atoms with Crippen molar-refractivity contribution in [3.05, 3.63) is 42.1 Å². The monoisotopic (exact) mass is 258 g/mol. The summed E-state index contributed by atoms with van der Waals surface area (Å²) in [6.45, 7) is 3.99. The molecule has 0 aliphatic rings. The molecular formula is C15H18N2O2. The molecule has 0 bridgehead atoms. The van der Waals surface area contributed by atoms with E-state index >= 15 is 0 Å². The third-order valence-electron chi connectivity index (χ3n) is 3.49. The van der Waals surface area contributed by atoms with Crippen molar-refractivity contribution in [2.24, 2.45) is 0 Å². The predicted molar refractivity (Wildman–Crippen MR) is 74.9 cm³/mol. The van der Waals surface area contributed by atoms with E-state index in [9.17, 15) is 9.90 Å². The number of nitrogens with zero attached hydrogens (tertiary/aromatic N) is 1. The molecule has 0 fully saturated rings. The van der Waals surface area contributed by atoms with Gasteiger partial charge in [0.25, 0.3) is 0 Å². The van der Waals surface area contributed by atoms with Crippen LogP contribution in [0.1, 0.15) is 26.0 Å². The Morgan fingerprint density at radius 1 is 1.32 bits per heavy atom. The summed E-state index contributed by atoms with van der Waals surface area (Å²) in [6, 6.07) is 11.8. The fraction of sp³-hybridized carbons (Fsp3) is 0.333. The molecule has 0 aliphatic carbocycles. The first kappa shape index (κ1) is 13.5. The number of rotatable bonds is 5. The number of carboxylic acids is 1. The highest BCUT2D eigenvalue weighted by atomic mass is 16.4. The Morgan fingerprint density at radius 3 is 2.74 bits per heavy atom. The highest BCUT2D eigenvalue weighted by molar-refractivity contribution is 5.79. The standard InChI is InChI=1S/C15H18N2O2/c1-3-15(2,14(18)19)16-10-12-9-8-11-6-4-5-7-13(11)17-12/h4-9,16H,3,10H2,1-2H3,(H,18,19). The van der Waals surface area contributed by atoms with Gasteiger partial charge >= 0.3 is 5.97 Å². The number of carbonyl (C=O) groups is 1. The van der Waals surface area contributed by atoms with E-state index in [2.05, 4.69) is 10.3 Å². The lowest BCUT2D eigenvalue weighted by atomic mass is 9.99. The number of pyridine rings is 1. The topological polar surface area (TPSA) is 62.2 Å². The van der Waals surface area contributed by atoms with Gasteiger partial charge in [-0.15, -0.1) is 0 Å². The Bertz CT molecular complexity index is 597.